The van der Waals surface area contributed by atoms with Crippen LogP contribution in [0.15, 0.2) is 220 Å². The van der Waals surface area contributed by atoms with Crippen LogP contribution in [0.5, 0.6) is 0 Å². The zero-order valence-corrected chi connectivity index (χ0v) is 34.7. The molecule has 0 aliphatic carbocycles. The highest BCUT2D eigenvalue weighted by Crippen LogP contribution is 2.43. The third-order valence-corrected chi connectivity index (χ3v) is 13.7. The molecule has 15 rings (SSSR count). The van der Waals surface area contributed by atoms with Crippen molar-refractivity contribution in [2.24, 2.45) is 0 Å². The van der Waals surface area contributed by atoms with Crippen LogP contribution in [-0.2, 0) is 0 Å². The van der Waals surface area contributed by atoms with E-state index in [1.807, 2.05) is 24.3 Å². The molecule has 5 aromatic heterocycles. The van der Waals surface area contributed by atoms with Crippen LogP contribution in [0.3, 0.4) is 0 Å². The van der Waals surface area contributed by atoms with E-state index < -0.39 is 0 Å². The van der Waals surface area contributed by atoms with Gasteiger partial charge in [0.1, 0.15) is 33.5 Å². The lowest BCUT2D eigenvalue weighted by atomic mass is 9.99. The SMILES string of the molecule is c1ccc(-n2c3ccc(-c4ccc5c(c4)c4cc6c(cc4n5-c4ccccc4)oc4ccc(-c5ccc7oc8ccccc8c7c5)cc46)cc3c3cc4c(cc32)oc2ccccc24)cc1. The Labute approximate surface area is 370 Å². The maximum atomic E-state index is 6.67. The van der Waals surface area contributed by atoms with E-state index in [1.54, 1.807) is 0 Å². The largest absolute Gasteiger partial charge is 0.456 e. The molecule has 0 saturated heterocycles. The molecular weight excluding hydrogens is 797 g/mol. The predicted octanol–water partition coefficient (Wildman–Crippen LogP) is 16.9. The number of hydrogen-bond acceptors (Lipinski definition) is 3. The molecule has 0 atom stereocenters. The smallest absolute Gasteiger partial charge is 0.137 e. The number of fused-ring (bicyclic) bond motifs is 15. The first-order chi connectivity index (χ1) is 32.2. The summed E-state index contributed by atoms with van der Waals surface area (Å²) in [5.74, 6) is 0. The Bertz CT molecular complexity index is 4460. The summed E-state index contributed by atoms with van der Waals surface area (Å²) in [5.41, 5.74) is 16.6. The fraction of sp³-hybridized carbons (Fsp3) is 0. The van der Waals surface area contributed by atoms with Gasteiger partial charge in [-0.05, 0) is 119 Å². The predicted molar refractivity (Wildman–Crippen MR) is 268 cm³/mol. The van der Waals surface area contributed by atoms with Crippen molar-refractivity contribution in [1.29, 1.82) is 0 Å². The molecule has 15 aromatic rings. The van der Waals surface area contributed by atoms with Crippen LogP contribution in [0.25, 0.3) is 143 Å². The number of nitrogens with zero attached hydrogens (tertiary/aromatic N) is 2. The van der Waals surface area contributed by atoms with Crippen LogP contribution in [0.2, 0.25) is 0 Å². The van der Waals surface area contributed by atoms with Crippen molar-refractivity contribution in [2.75, 3.05) is 0 Å². The average molecular weight is 831 g/mol. The lowest BCUT2D eigenvalue weighted by Crippen LogP contribution is -1.93. The first kappa shape index (κ1) is 34.7. The molecule has 0 unspecified atom stereocenters. The maximum Gasteiger partial charge on any atom is 0.137 e. The van der Waals surface area contributed by atoms with Gasteiger partial charge in [0.25, 0.3) is 0 Å². The number of furan rings is 3. The van der Waals surface area contributed by atoms with Crippen molar-refractivity contribution >= 4 is 109 Å². The molecule has 10 aromatic carbocycles. The molecule has 0 fully saturated rings. The summed E-state index contributed by atoms with van der Waals surface area (Å²) in [6.07, 6.45) is 0. The highest BCUT2D eigenvalue weighted by Gasteiger charge is 2.21. The van der Waals surface area contributed by atoms with Crippen LogP contribution < -0.4 is 0 Å². The van der Waals surface area contributed by atoms with E-state index in [-0.39, 0.29) is 0 Å². The second-order valence-electron chi connectivity index (χ2n) is 17.3. The van der Waals surface area contributed by atoms with Gasteiger partial charge in [0.2, 0.25) is 0 Å². The Morgan fingerprint density at radius 1 is 0.215 bits per heavy atom. The zero-order chi connectivity index (χ0) is 42.3. The standard InChI is InChI=1S/C60H34N2O3/c1-3-11-39(12-4-1)61-51-23-19-35(27-43(51)45-31-49-42-16-8-10-18-56(42)64-59(49)33-53(45)61)36-20-24-52-44(28-36)46-32-50-48-30-38(37-21-25-57-47(29-37)41-15-7-9-17-55(41)63-57)22-26-58(48)65-60(50)34-54(46)62(52)40-13-5-2-6-14-40/h1-34H. The van der Waals surface area contributed by atoms with Crippen LogP contribution in [0.1, 0.15) is 0 Å². The molecule has 5 nitrogen and oxygen atoms in total. The molecule has 0 spiro atoms. The summed E-state index contributed by atoms with van der Waals surface area (Å²) in [7, 11) is 0. The maximum absolute atomic E-state index is 6.67. The Morgan fingerprint density at radius 2 is 0.554 bits per heavy atom. The lowest BCUT2D eigenvalue weighted by Gasteiger charge is -2.09. The van der Waals surface area contributed by atoms with Gasteiger partial charge in [-0.15, -0.1) is 0 Å². The van der Waals surface area contributed by atoms with Crippen LogP contribution >= 0.6 is 0 Å². The molecule has 0 bridgehead atoms. The molecule has 0 N–H and O–H groups in total. The number of para-hydroxylation sites is 4. The number of aromatic nitrogens is 2. The highest BCUT2D eigenvalue weighted by molar-refractivity contribution is 6.20. The van der Waals surface area contributed by atoms with Crippen molar-refractivity contribution in [3.8, 4) is 33.6 Å². The molecule has 65 heavy (non-hydrogen) atoms. The Morgan fingerprint density at radius 3 is 1.05 bits per heavy atom. The van der Waals surface area contributed by atoms with Gasteiger partial charge in [0, 0.05) is 77.4 Å². The Hall–Kier alpha value is -8.80. The summed E-state index contributed by atoms with van der Waals surface area (Å²) < 4.78 is 24.0. The van der Waals surface area contributed by atoms with E-state index in [0.717, 1.165) is 122 Å². The van der Waals surface area contributed by atoms with Gasteiger partial charge >= 0.3 is 0 Å². The third-order valence-electron chi connectivity index (χ3n) is 13.7. The van der Waals surface area contributed by atoms with E-state index in [9.17, 15) is 0 Å². The van der Waals surface area contributed by atoms with E-state index in [2.05, 4.69) is 191 Å². The molecule has 302 valence electrons. The van der Waals surface area contributed by atoms with Gasteiger partial charge in [-0.3, -0.25) is 0 Å². The second-order valence-corrected chi connectivity index (χ2v) is 17.3. The Kier molecular flexibility index (Phi) is 6.89. The molecule has 5 heteroatoms. The third kappa shape index (κ3) is 4.98. The summed E-state index contributed by atoms with van der Waals surface area (Å²) in [4.78, 5) is 0. The molecule has 0 aliphatic heterocycles. The zero-order valence-electron chi connectivity index (χ0n) is 34.7. The van der Waals surface area contributed by atoms with Crippen LogP contribution in [0.4, 0.5) is 0 Å². The van der Waals surface area contributed by atoms with Gasteiger partial charge in [0.15, 0.2) is 0 Å². The van der Waals surface area contributed by atoms with Gasteiger partial charge in [-0.2, -0.15) is 0 Å². The van der Waals surface area contributed by atoms with Crippen molar-refractivity contribution in [3.05, 3.63) is 206 Å². The number of benzene rings is 10. The van der Waals surface area contributed by atoms with Gasteiger partial charge in [-0.1, -0.05) is 97.1 Å². The summed E-state index contributed by atoms with van der Waals surface area (Å²) in [5, 5.41) is 11.4. The summed E-state index contributed by atoms with van der Waals surface area (Å²) >= 11 is 0. The summed E-state index contributed by atoms with van der Waals surface area (Å²) in [6.45, 7) is 0. The van der Waals surface area contributed by atoms with Gasteiger partial charge in [-0.25, -0.2) is 0 Å². The van der Waals surface area contributed by atoms with E-state index in [4.69, 9.17) is 13.3 Å². The topological polar surface area (TPSA) is 49.3 Å². The summed E-state index contributed by atoms with van der Waals surface area (Å²) in [6, 6.07) is 73.8. The fourth-order valence-electron chi connectivity index (χ4n) is 10.7. The molecule has 5 heterocycles. The van der Waals surface area contributed by atoms with Crippen molar-refractivity contribution in [3.63, 3.8) is 0 Å². The molecule has 0 amide bonds. The van der Waals surface area contributed by atoms with Gasteiger partial charge < -0.3 is 22.4 Å². The Balaban J connectivity index is 0.942. The molecule has 0 radical (unpaired) electrons. The fourth-order valence-corrected chi connectivity index (χ4v) is 10.7. The van der Waals surface area contributed by atoms with E-state index in [0.29, 0.717) is 0 Å². The number of rotatable bonds is 4. The lowest BCUT2D eigenvalue weighted by molar-refractivity contribution is 0.668. The van der Waals surface area contributed by atoms with E-state index in [1.165, 1.54) is 21.5 Å². The molecule has 0 aliphatic rings. The first-order valence-electron chi connectivity index (χ1n) is 22.1. The van der Waals surface area contributed by atoms with Gasteiger partial charge in [0.05, 0.1) is 22.1 Å². The normalized spacial score (nSPS) is 12.3. The number of hydrogen-bond donors (Lipinski definition) is 0. The van der Waals surface area contributed by atoms with Crippen LogP contribution in [0, 0.1) is 0 Å². The van der Waals surface area contributed by atoms with Crippen LogP contribution in [-0.4, -0.2) is 9.13 Å². The quantitative estimate of drug-likeness (QED) is 0.177. The monoisotopic (exact) mass is 830 g/mol. The van der Waals surface area contributed by atoms with Crippen molar-refractivity contribution in [1.82, 2.24) is 9.13 Å². The first-order valence-corrected chi connectivity index (χ1v) is 22.1. The minimum Gasteiger partial charge on any atom is -0.456 e. The molecular formula is C60H34N2O3. The molecule has 0 saturated carbocycles. The van der Waals surface area contributed by atoms with Crippen molar-refractivity contribution in [2.45, 2.75) is 0 Å². The second kappa shape index (κ2) is 12.9. The van der Waals surface area contributed by atoms with E-state index >= 15 is 0 Å². The average Bonchev–Trinajstić information content (AvgIpc) is 4.16. The van der Waals surface area contributed by atoms with Crippen molar-refractivity contribution < 1.29 is 13.3 Å². The minimum absolute atomic E-state index is 0.862. The highest BCUT2D eigenvalue weighted by atomic mass is 16.3. The minimum atomic E-state index is 0.862.